The summed E-state index contributed by atoms with van der Waals surface area (Å²) in [5.74, 6) is 0. The third-order valence-corrected chi connectivity index (χ3v) is 2.20. The van der Waals surface area contributed by atoms with Crippen LogP contribution in [0.4, 0.5) is 0 Å². The molecule has 1 aromatic rings. The molecular formula is C12H17NO. The Labute approximate surface area is 85.1 Å². The van der Waals surface area contributed by atoms with Crippen LogP contribution in [0.25, 0.3) is 5.57 Å². The predicted octanol–water partition coefficient (Wildman–Crippen LogP) is 2.10. The Morgan fingerprint density at radius 3 is 2.86 bits per heavy atom. The third-order valence-electron chi connectivity index (χ3n) is 2.20. The zero-order chi connectivity index (χ0) is 10.6. The standard InChI is InChI=1S/C12H17NO/c1-9(2)10-4-3-5-11(8-10)12(14)6-7-13/h3-5,8,12,14H,1,6-7,13H2,2H3. The molecule has 0 bridgehead atoms. The van der Waals surface area contributed by atoms with Crippen LogP contribution >= 0.6 is 0 Å². The van der Waals surface area contributed by atoms with E-state index in [1.54, 1.807) is 0 Å². The number of aliphatic hydroxyl groups is 1. The van der Waals surface area contributed by atoms with E-state index < -0.39 is 6.10 Å². The average Bonchev–Trinajstić information content (AvgIpc) is 2.18. The van der Waals surface area contributed by atoms with Crippen LogP contribution in [0.1, 0.15) is 30.6 Å². The SMILES string of the molecule is C=C(C)c1cccc(C(O)CCN)c1. The Morgan fingerprint density at radius 1 is 1.57 bits per heavy atom. The van der Waals surface area contributed by atoms with Crippen LogP contribution in [-0.2, 0) is 0 Å². The monoisotopic (exact) mass is 191 g/mol. The van der Waals surface area contributed by atoms with Crippen molar-refractivity contribution in [2.24, 2.45) is 5.73 Å². The maximum Gasteiger partial charge on any atom is 0.0802 e. The number of nitrogens with two attached hydrogens (primary N) is 1. The lowest BCUT2D eigenvalue weighted by molar-refractivity contribution is 0.170. The lowest BCUT2D eigenvalue weighted by atomic mass is 10.0. The summed E-state index contributed by atoms with van der Waals surface area (Å²) in [5.41, 5.74) is 8.37. The van der Waals surface area contributed by atoms with Crippen molar-refractivity contribution in [1.82, 2.24) is 0 Å². The number of rotatable bonds is 4. The van der Waals surface area contributed by atoms with Crippen molar-refractivity contribution in [3.63, 3.8) is 0 Å². The fraction of sp³-hybridized carbons (Fsp3) is 0.333. The van der Waals surface area contributed by atoms with Gasteiger partial charge in [-0.15, -0.1) is 0 Å². The molecule has 0 aliphatic heterocycles. The molecule has 0 aromatic heterocycles. The van der Waals surface area contributed by atoms with E-state index in [4.69, 9.17) is 5.73 Å². The summed E-state index contributed by atoms with van der Waals surface area (Å²) in [6, 6.07) is 7.79. The van der Waals surface area contributed by atoms with Gasteiger partial charge in [0.05, 0.1) is 6.10 Å². The first-order valence-electron chi connectivity index (χ1n) is 4.79. The highest BCUT2D eigenvalue weighted by Gasteiger charge is 2.06. The maximum atomic E-state index is 9.72. The molecule has 0 saturated heterocycles. The smallest absolute Gasteiger partial charge is 0.0802 e. The molecule has 0 radical (unpaired) electrons. The molecule has 14 heavy (non-hydrogen) atoms. The molecule has 1 aromatic carbocycles. The quantitative estimate of drug-likeness (QED) is 0.765. The molecule has 0 heterocycles. The van der Waals surface area contributed by atoms with E-state index in [2.05, 4.69) is 6.58 Å². The molecular weight excluding hydrogens is 174 g/mol. The highest BCUT2D eigenvalue weighted by molar-refractivity contribution is 5.61. The summed E-state index contributed by atoms with van der Waals surface area (Å²) < 4.78 is 0. The second-order valence-electron chi connectivity index (χ2n) is 3.50. The summed E-state index contributed by atoms with van der Waals surface area (Å²) >= 11 is 0. The minimum absolute atomic E-state index is 0.459. The van der Waals surface area contributed by atoms with Gasteiger partial charge in [0.15, 0.2) is 0 Å². The Morgan fingerprint density at radius 2 is 2.29 bits per heavy atom. The van der Waals surface area contributed by atoms with Gasteiger partial charge in [-0.25, -0.2) is 0 Å². The zero-order valence-corrected chi connectivity index (χ0v) is 8.53. The van der Waals surface area contributed by atoms with Gasteiger partial charge in [-0.2, -0.15) is 0 Å². The summed E-state index contributed by atoms with van der Waals surface area (Å²) in [7, 11) is 0. The van der Waals surface area contributed by atoms with Gasteiger partial charge in [0.2, 0.25) is 0 Å². The van der Waals surface area contributed by atoms with E-state index in [9.17, 15) is 5.11 Å². The Kier molecular flexibility index (Phi) is 3.86. The number of aliphatic hydroxyl groups excluding tert-OH is 1. The Balaban J connectivity index is 2.87. The van der Waals surface area contributed by atoms with Crippen LogP contribution in [0.3, 0.4) is 0 Å². The summed E-state index contributed by atoms with van der Waals surface area (Å²) in [6.45, 7) is 6.32. The van der Waals surface area contributed by atoms with Gasteiger partial charge in [0.1, 0.15) is 0 Å². The Hall–Kier alpha value is -1.12. The molecule has 76 valence electrons. The fourth-order valence-corrected chi connectivity index (χ4v) is 1.34. The zero-order valence-electron chi connectivity index (χ0n) is 8.53. The van der Waals surface area contributed by atoms with Gasteiger partial charge in [0.25, 0.3) is 0 Å². The summed E-state index contributed by atoms with van der Waals surface area (Å²) in [6.07, 6.45) is 0.138. The number of hydrogen-bond donors (Lipinski definition) is 2. The fourth-order valence-electron chi connectivity index (χ4n) is 1.34. The van der Waals surface area contributed by atoms with Gasteiger partial charge >= 0.3 is 0 Å². The maximum absolute atomic E-state index is 9.72. The van der Waals surface area contributed by atoms with E-state index in [1.807, 2.05) is 31.2 Å². The first-order chi connectivity index (χ1) is 6.65. The molecule has 0 amide bonds. The van der Waals surface area contributed by atoms with Crippen LogP contribution in [0, 0.1) is 0 Å². The largest absolute Gasteiger partial charge is 0.388 e. The van der Waals surface area contributed by atoms with Crippen LogP contribution in [0.15, 0.2) is 30.8 Å². The minimum atomic E-state index is -0.459. The molecule has 0 fully saturated rings. The first-order valence-corrected chi connectivity index (χ1v) is 4.79. The van der Waals surface area contributed by atoms with E-state index in [0.717, 1.165) is 16.7 Å². The van der Waals surface area contributed by atoms with Crippen molar-refractivity contribution in [2.75, 3.05) is 6.54 Å². The van der Waals surface area contributed by atoms with Gasteiger partial charge < -0.3 is 10.8 Å². The highest BCUT2D eigenvalue weighted by atomic mass is 16.3. The minimum Gasteiger partial charge on any atom is -0.388 e. The van der Waals surface area contributed by atoms with Crippen LogP contribution in [0.2, 0.25) is 0 Å². The van der Waals surface area contributed by atoms with Gasteiger partial charge in [-0.05, 0) is 37.1 Å². The normalized spacial score (nSPS) is 12.5. The molecule has 0 spiro atoms. The number of benzene rings is 1. The van der Waals surface area contributed by atoms with Crippen molar-refractivity contribution in [2.45, 2.75) is 19.4 Å². The van der Waals surface area contributed by atoms with Gasteiger partial charge in [0, 0.05) is 0 Å². The molecule has 1 atom stereocenters. The van der Waals surface area contributed by atoms with Crippen molar-refractivity contribution in [3.8, 4) is 0 Å². The van der Waals surface area contributed by atoms with Crippen molar-refractivity contribution >= 4 is 5.57 Å². The molecule has 2 nitrogen and oxygen atoms in total. The van der Waals surface area contributed by atoms with Crippen molar-refractivity contribution < 1.29 is 5.11 Å². The van der Waals surface area contributed by atoms with Crippen LogP contribution in [0.5, 0.6) is 0 Å². The van der Waals surface area contributed by atoms with Crippen LogP contribution in [-0.4, -0.2) is 11.7 Å². The van der Waals surface area contributed by atoms with E-state index in [1.165, 1.54) is 0 Å². The van der Waals surface area contributed by atoms with Gasteiger partial charge in [-0.3, -0.25) is 0 Å². The summed E-state index contributed by atoms with van der Waals surface area (Å²) in [5, 5.41) is 9.72. The van der Waals surface area contributed by atoms with E-state index >= 15 is 0 Å². The van der Waals surface area contributed by atoms with Crippen LogP contribution < -0.4 is 5.73 Å². The number of hydrogen-bond acceptors (Lipinski definition) is 2. The molecule has 1 rings (SSSR count). The second-order valence-corrected chi connectivity index (χ2v) is 3.50. The summed E-state index contributed by atoms with van der Waals surface area (Å²) in [4.78, 5) is 0. The van der Waals surface area contributed by atoms with Crippen molar-refractivity contribution in [3.05, 3.63) is 42.0 Å². The third kappa shape index (κ3) is 2.69. The molecule has 0 aliphatic rings. The lowest BCUT2D eigenvalue weighted by Gasteiger charge is -2.10. The second kappa shape index (κ2) is 4.94. The molecule has 3 N–H and O–H groups in total. The molecule has 1 unspecified atom stereocenters. The van der Waals surface area contributed by atoms with E-state index in [0.29, 0.717) is 13.0 Å². The molecule has 0 saturated carbocycles. The van der Waals surface area contributed by atoms with E-state index in [-0.39, 0.29) is 0 Å². The van der Waals surface area contributed by atoms with Crippen molar-refractivity contribution in [1.29, 1.82) is 0 Å². The molecule has 2 heteroatoms. The predicted molar refractivity (Wildman–Crippen MR) is 59.8 cm³/mol. The lowest BCUT2D eigenvalue weighted by Crippen LogP contribution is -2.06. The topological polar surface area (TPSA) is 46.2 Å². The average molecular weight is 191 g/mol. The Bertz CT molecular complexity index is 320. The number of allylic oxidation sites excluding steroid dienone is 1. The first kappa shape index (κ1) is 11.0. The highest BCUT2D eigenvalue weighted by Crippen LogP contribution is 2.20. The van der Waals surface area contributed by atoms with Gasteiger partial charge in [-0.1, -0.05) is 30.4 Å². The molecule has 0 aliphatic carbocycles.